The molecule has 0 aromatic heterocycles. The monoisotopic (exact) mass is 248 g/mol. The number of rotatable bonds is 7. The fourth-order valence-electron chi connectivity index (χ4n) is 2.51. The Morgan fingerprint density at radius 2 is 2.00 bits per heavy atom. The Labute approximate surface area is 110 Å². The van der Waals surface area contributed by atoms with Gasteiger partial charge in [-0.15, -0.1) is 0 Å². The maximum absolute atomic E-state index is 5.21. The molecule has 1 N–H and O–H groups in total. The van der Waals surface area contributed by atoms with Crippen molar-refractivity contribution in [3.63, 3.8) is 0 Å². The molecule has 1 aromatic carbocycles. The SMILES string of the molecule is COCc1ccccc1NCCCN1CCCC1. The maximum atomic E-state index is 5.21. The lowest BCUT2D eigenvalue weighted by Gasteiger charge is -2.15. The highest BCUT2D eigenvalue weighted by molar-refractivity contribution is 5.50. The summed E-state index contributed by atoms with van der Waals surface area (Å²) in [4.78, 5) is 2.56. The van der Waals surface area contributed by atoms with Crippen LogP contribution in [0.25, 0.3) is 0 Å². The number of hydrogen-bond acceptors (Lipinski definition) is 3. The van der Waals surface area contributed by atoms with Crippen molar-refractivity contribution in [1.82, 2.24) is 4.90 Å². The highest BCUT2D eigenvalue weighted by Gasteiger charge is 2.10. The number of benzene rings is 1. The first-order chi connectivity index (χ1) is 8.90. The molecule has 1 saturated heterocycles. The third kappa shape index (κ3) is 4.00. The van der Waals surface area contributed by atoms with Crippen LogP contribution in [0.15, 0.2) is 24.3 Å². The van der Waals surface area contributed by atoms with Crippen molar-refractivity contribution in [3.05, 3.63) is 29.8 Å². The van der Waals surface area contributed by atoms with Crippen LogP contribution in [0, 0.1) is 0 Å². The molecule has 0 radical (unpaired) electrons. The molecule has 0 aliphatic carbocycles. The Balaban J connectivity index is 1.72. The van der Waals surface area contributed by atoms with Gasteiger partial charge in [-0.1, -0.05) is 18.2 Å². The zero-order valence-electron chi connectivity index (χ0n) is 11.3. The number of nitrogens with zero attached hydrogens (tertiary/aromatic N) is 1. The fraction of sp³-hybridized carbons (Fsp3) is 0.600. The van der Waals surface area contributed by atoms with Crippen LogP contribution >= 0.6 is 0 Å². The summed E-state index contributed by atoms with van der Waals surface area (Å²) in [5.74, 6) is 0. The van der Waals surface area contributed by atoms with E-state index in [1.54, 1.807) is 7.11 Å². The largest absolute Gasteiger partial charge is 0.385 e. The van der Waals surface area contributed by atoms with Gasteiger partial charge in [0.15, 0.2) is 0 Å². The van der Waals surface area contributed by atoms with Gasteiger partial charge in [0, 0.05) is 24.9 Å². The number of likely N-dealkylation sites (tertiary alicyclic amines) is 1. The van der Waals surface area contributed by atoms with Crippen LogP contribution in [0.5, 0.6) is 0 Å². The summed E-state index contributed by atoms with van der Waals surface area (Å²) in [6, 6.07) is 8.38. The van der Waals surface area contributed by atoms with E-state index < -0.39 is 0 Å². The molecule has 1 heterocycles. The van der Waals surface area contributed by atoms with Gasteiger partial charge in [0.1, 0.15) is 0 Å². The number of para-hydroxylation sites is 1. The van der Waals surface area contributed by atoms with E-state index in [-0.39, 0.29) is 0 Å². The lowest BCUT2D eigenvalue weighted by Crippen LogP contribution is -2.22. The molecule has 0 amide bonds. The van der Waals surface area contributed by atoms with Crippen molar-refractivity contribution in [3.8, 4) is 0 Å². The van der Waals surface area contributed by atoms with Crippen LogP contribution in [0.4, 0.5) is 5.69 Å². The molecule has 1 aliphatic rings. The molecule has 1 aromatic rings. The van der Waals surface area contributed by atoms with Gasteiger partial charge < -0.3 is 15.0 Å². The summed E-state index contributed by atoms with van der Waals surface area (Å²) >= 11 is 0. The van der Waals surface area contributed by atoms with Gasteiger partial charge in [0.05, 0.1) is 6.61 Å². The van der Waals surface area contributed by atoms with E-state index in [1.807, 2.05) is 0 Å². The van der Waals surface area contributed by atoms with Crippen molar-refractivity contribution in [2.45, 2.75) is 25.9 Å². The minimum absolute atomic E-state index is 0.676. The van der Waals surface area contributed by atoms with Gasteiger partial charge in [0.25, 0.3) is 0 Å². The smallest absolute Gasteiger partial charge is 0.0733 e. The van der Waals surface area contributed by atoms with Crippen molar-refractivity contribution >= 4 is 5.69 Å². The van der Waals surface area contributed by atoms with Crippen molar-refractivity contribution < 1.29 is 4.74 Å². The molecule has 100 valence electrons. The molecule has 2 rings (SSSR count). The second-order valence-electron chi connectivity index (χ2n) is 4.92. The van der Waals surface area contributed by atoms with E-state index in [4.69, 9.17) is 4.74 Å². The molecule has 0 unspecified atom stereocenters. The molecule has 1 fully saturated rings. The molecular weight excluding hydrogens is 224 g/mol. The first-order valence-corrected chi connectivity index (χ1v) is 6.93. The predicted molar refractivity (Wildman–Crippen MR) is 75.9 cm³/mol. The summed E-state index contributed by atoms with van der Waals surface area (Å²) in [7, 11) is 1.74. The van der Waals surface area contributed by atoms with Crippen molar-refractivity contribution in [2.24, 2.45) is 0 Å². The van der Waals surface area contributed by atoms with Gasteiger partial charge in [-0.25, -0.2) is 0 Å². The summed E-state index contributed by atoms with van der Waals surface area (Å²) in [5, 5.41) is 3.52. The van der Waals surface area contributed by atoms with Crippen LogP contribution in [-0.2, 0) is 11.3 Å². The predicted octanol–water partition coefficient (Wildman–Crippen LogP) is 2.73. The molecule has 1 aliphatic heterocycles. The maximum Gasteiger partial charge on any atom is 0.0733 e. The highest BCUT2D eigenvalue weighted by Crippen LogP contribution is 2.15. The highest BCUT2D eigenvalue weighted by atomic mass is 16.5. The zero-order chi connectivity index (χ0) is 12.6. The van der Waals surface area contributed by atoms with Crippen LogP contribution in [-0.4, -0.2) is 38.2 Å². The molecule has 3 heteroatoms. The summed E-state index contributed by atoms with van der Waals surface area (Å²) in [6.45, 7) is 5.52. The molecule has 0 bridgehead atoms. The number of nitrogens with one attached hydrogen (secondary N) is 1. The van der Waals surface area contributed by atoms with Crippen molar-refractivity contribution in [2.75, 3.05) is 38.6 Å². The van der Waals surface area contributed by atoms with Gasteiger partial charge in [-0.2, -0.15) is 0 Å². The lowest BCUT2D eigenvalue weighted by molar-refractivity contribution is 0.185. The third-order valence-corrected chi connectivity index (χ3v) is 3.48. The summed E-state index contributed by atoms with van der Waals surface area (Å²) < 4.78 is 5.21. The van der Waals surface area contributed by atoms with Crippen molar-refractivity contribution in [1.29, 1.82) is 0 Å². The minimum atomic E-state index is 0.676. The Morgan fingerprint density at radius 3 is 2.78 bits per heavy atom. The molecule has 0 spiro atoms. The average Bonchev–Trinajstić information content (AvgIpc) is 2.90. The molecule has 0 atom stereocenters. The van der Waals surface area contributed by atoms with Gasteiger partial charge >= 0.3 is 0 Å². The van der Waals surface area contributed by atoms with E-state index in [0.29, 0.717) is 6.61 Å². The first kappa shape index (κ1) is 13.4. The van der Waals surface area contributed by atoms with Gasteiger partial charge in [-0.3, -0.25) is 0 Å². The van der Waals surface area contributed by atoms with Crippen LogP contribution < -0.4 is 5.32 Å². The van der Waals surface area contributed by atoms with Gasteiger partial charge in [0.2, 0.25) is 0 Å². The van der Waals surface area contributed by atoms with Gasteiger partial charge in [-0.05, 0) is 45.0 Å². The minimum Gasteiger partial charge on any atom is -0.385 e. The average molecular weight is 248 g/mol. The number of ether oxygens (including phenoxy) is 1. The third-order valence-electron chi connectivity index (χ3n) is 3.48. The zero-order valence-corrected chi connectivity index (χ0v) is 11.3. The number of hydrogen-bond donors (Lipinski definition) is 1. The number of methoxy groups -OCH3 is 1. The molecule has 0 saturated carbocycles. The molecule has 3 nitrogen and oxygen atoms in total. The lowest BCUT2D eigenvalue weighted by atomic mass is 10.2. The standard InChI is InChI=1S/C15H24N2O/c1-18-13-14-7-2-3-8-15(14)16-9-6-12-17-10-4-5-11-17/h2-3,7-8,16H,4-6,9-13H2,1H3. The Morgan fingerprint density at radius 1 is 1.22 bits per heavy atom. The topological polar surface area (TPSA) is 24.5 Å². The van der Waals surface area contributed by atoms with Crippen LogP contribution in [0.1, 0.15) is 24.8 Å². The Hall–Kier alpha value is -1.06. The normalized spacial score (nSPS) is 16.1. The fourth-order valence-corrected chi connectivity index (χ4v) is 2.51. The van der Waals surface area contributed by atoms with E-state index in [9.17, 15) is 0 Å². The van der Waals surface area contributed by atoms with E-state index in [0.717, 1.165) is 6.54 Å². The first-order valence-electron chi connectivity index (χ1n) is 6.93. The Kier molecular flexibility index (Phi) is 5.49. The van der Waals surface area contributed by atoms with E-state index in [1.165, 1.54) is 50.1 Å². The van der Waals surface area contributed by atoms with E-state index >= 15 is 0 Å². The van der Waals surface area contributed by atoms with Crippen LogP contribution in [0.3, 0.4) is 0 Å². The second kappa shape index (κ2) is 7.39. The van der Waals surface area contributed by atoms with Crippen LogP contribution in [0.2, 0.25) is 0 Å². The van der Waals surface area contributed by atoms with E-state index in [2.05, 4.69) is 34.5 Å². The number of anilines is 1. The Bertz CT molecular complexity index is 348. The molecular formula is C15H24N2O. The molecule has 18 heavy (non-hydrogen) atoms. The quantitative estimate of drug-likeness (QED) is 0.751. The second-order valence-corrected chi connectivity index (χ2v) is 4.92. The summed E-state index contributed by atoms with van der Waals surface area (Å²) in [6.07, 6.45) is 3.97. The summed E-state index contributed by atoms with van der Waals surface area (Å²) in [5.41, 5.74) is 2.45.